The van der Waals surface area contributed by atoms with Gasteiger partial charge in [0.05, 0.1) is 28.8 Å². The topological polar surface area (TPSA) is 89.6 Å². The summed E-state index contributed by atoms with van der Waals surface area (Å²) < 4.78 is 2.23. The molecular weight excluding hydrogens is 334 g/mol. The Morgan fingerprint density at radius 1 is 1.48 bits per heavy atom. The van der Waals surface area contributed by atoms with Gasteiger partial charge in [-0.05, 0) is 34.5 Å². The Morgan fingerprint density at radius 3 is 2.95 bits per heavy atom. The van der Waals surface area contributed by atoms with Crippen LogP contribution in [0.4, 0.5) is 0 Å². The number of aromatic amines is 1. The zero-order valence-electron chi connectivity index (χ0n) is 11.4. The van der Waals surface area contributed by atoms with Gasteiger partial charge < -0.3 is 5.73 Å². The number of H-pyrrole nitrogens is 1. The molecule has 3 N–H and O–H groups in total. The van der Waals surface area contributed by atoms with Crippen LogP contribution >= 0.6 is 15.9 Å². The molecule has 0 spiro atoms. The van der Waals surface area contributed by atoms with E-state index in [4.69, 9.17) is 5.73 Å². The van der Waals surface area contributed by atoms with Crippen molar-refractivity contribution in [1.82, 2.24) is 19.7 Å². The van der Waals surface area contributed by atoms with Crippen LogP contribution in [0, 0.1) is 0 Å². The molecule has 2 aromatic heterocycles. The van der Waals surface area contributed by atoms with Crippen molar-refractivity contribution in [3.05, 3.63) is 51.2 Å². The standard InChI is InChI=1S/C14H14BrN5O/c1-2-10(16)13-19-11-5-3-4-9(15)12(11)14(21)20(13)8-6-17-18-7-8/h3-7,10H,2,16H2,1H3,(H,17,18)/t10-/m0/s1. The van der Waals surface area contributed by atoms with Crippen molar-refractivity contribution >= 4 is 26.8 Å². The minimum atomic E-state index is -0.323. The number of halogens is 1. The van der Waals surface area contributed by atoms with E-state index < -0.39 is 0 Å². The fraction of sp³-hybridized carbons (Fsp3) is 0.214. The first-order valence-corrected chi connectivity index (χ1v) is 7.38. The number of nitrogens with two attached hydrogens (primary N) is 1. The minimum absolute atomic E-state index is 0.159. The molecule has 3 aromatic rings. The third-order valence-electron chi connectivity index (χ3n) is 3.39. The fourth-order valence-electron chi connectivity index (χ4n) is 2.25. The molecule has 2 heterocycles. The van der Waals surface area contributed by atoms with E-state index in [1.165, 1.54) is 4.57 Å². The molecule has 0 aliphatic rings. The van der Waals surface area contributed by atoms with Gasteiger partial charge in [0.15, 0.2) is 0 Å². The SMILES string of the molecule is CC[C@H](N)c1nc2cccc(Br)c2c(=O)n1-c1cn[nH]c1. The lowest BCUT2D eigenvalue weighted by atomic mass is 10.2. The van der Waals surface area contributed by atoms with Crippen LogP contribution in [-0.4, -0.2) is 19.7 Å². The van der Waals surface area contributed by atoms with Gasteiger partial charge in [-0.3, -0.25) is 14.5 Å². The van der Waals surface area contributed by atoms with Gasteiger partial charge in [-0.1, -0.05) is 13.0 Å². The lowest BCUT2D eigenvalue weighted by Crippen LogP contribution is -2.28. The van der Waals surface area contributed by atoms with Crippen LogP contribution < -0.4 is 11.3 Å². The van der Waals surface area contributed by atoms with Gasteiger partial charge in [-0.15, -0.1) is 0 Å². The van der Waals surface area contributed by atoms with Gasteiger partial charge in [0.2, 0.25) is 0 Å². The summed E-state index contributed by atoms with van der Waals surface area (Å²) in [7, 11) is 0. The smallest absolute Gasteiger partial charge is 0.267 e. The summed E-state index contributed by atoms with van der Waals surface area (Å²) in [6.07, 6.45) is 3.92. The van der Waals surface area contributed by atoms with Crippen LogP contribution in [0.5, 0.6) is 0 Å². The average molecular weight is 348 g/mol. The number of benzene rings is 1. The summed E-state index contributed by atoms with van der Waals surface area (Å²) in [5.41, 5.74) is 7.24. The third kappa shape index (κ3) is 2.28. The Labute approximate surface area is 129 Å². The Hall–Kier alpha value is -1.99. The number of rotatable bonds is 3. The molecule has 1 aromatic carbocycles. The summed E-state index contributed by atoms with van der Waals surface area (Å²) in [6.45, 7) is 1.96. The van der Waals surface area contributed by atoms with E-state index >= 15 is 0 Å². The maximum Gasteiger partial charge on any atom is 0.267 e. The highest BCUT2D eigenvalue weighted by Gasteiger charge is 2.18. The van der Waals surface area contributed by atoms with Crippen molar-refractivity contribution in [3.8, 4) is 5.69 Å². The molecule has 6 nitrogen and oxygen atoms in total. The molecule has 0 unspecified atom stereocenters. The van der Waals surface area contributed by atoms with Gasteiger partial charge in [-0.25, -0.2) is 4.98 Å². The first kappa shape index (κ1) is 14.0. The second-order valence-corrected chi connectivity index (χ2v) is 5.57. The Balaban J connectivity index is 2.45. The first-order chi connectivity index (χ1) is 10.1. The van der Waals surface area contributed by atoms with Crippen molar-refractivity contribution in [3.63, 3.8) is 0 Å². The lowest BCUT2D eigenvalue weighted by Gasteiger charge is -2.16. The number of hydrogen-bond acceptors (Lipinski definition) is 4. The van der Waals surface area contributed by atoms with Crippen LogP contribution in [0.15, 0.2) is 39.9 Å². The Bertz CT molecular complexity index is 840. The Morgan fingerprint density at radius 2 is 2.29 bits per heavy atom. The molecule has 0 amide bonds. The molecule has 0 fully saturated rings. The summed E-state index contributed by atoms with van der Waals surface area (Å²) in [5, 5.41) is 7.15. The van der Waals surface area contributed by atoms with Gasteiger partial charge in [0.1, 0.15) is 5.82 Å². The zero-order chi connectivity index (χ0) is 15.0. The molecular formula is C14H14BrN5O. The van der Waals surface area contributed by atoms with E-state index in [0.717, 1.165) is 0 Å². The molecule has 108 valence electrons. The van der Waals surface area contributed by atoms with Gasteiger partial charge in [0.25, 0.3) is 5.56 Å². The number of hydrogen-bond donors (Lipinski definition) is 2. The third-order valence-corrected chi connectivity index (χ3v) is 4.05. The fourth-order valence-corrected chi connectivity index (χ4v) is 2.78. The molecule has 0 saturated carbocycles. The largest absolute Gasteiger partial charge is 0.321 e. The molecule has 0 saturated heterocycles. The van der Waals surface area contributed by atoms with Crippen molar-refractivity contribution in [1.29, 1.82) is 0 Å². The van der Waals surface area contributed by atoms with E-state index in [2.05, 4.69) is 31.1 Å². The van der Waals surface area contributed by atoms with Crippen LogP contribution in [0.2, 0.25) is 0 Å². The molecule has 0 aliphatic heterocycles. The van der Waals surface area contributed by atoms with E-state index in [1.807, 2.05) is 25.1 Å². The first-order valence-electron chi connectivity index (χ1n) is 6.59. The van der Waals surface area contributed by atoms with Crippen LogP contribution in [0.1, 0.15) is 25.2 Å². The van der Waals surface area contributed by atoms with E-state index in [-0.39, 0.29) is 11.6 Å². The van der Waals surface area contributed by atoms with Gasteiger partial charge in [0, 0.05) is 10.7 Å². The molecule has 0 radical (unpaired) electrons. The molecule has 0 bridgehead atoms. The number of nitrogens with one attached hydrogen (secondary N) is 1. The van der Waals surface area contributed by atoms with E-state index in [1.54, 1.807) is 12.4 Å². The van der Waals surface area contributed by atoms with E-state index in [0.29, 0.717) is 33.3 Å². The maximum absolute atomic E-state index is 12.9. The van der Waals surface area contributed by atoms with Crippen LogP contribution in [0.3, 0.4) is 0 Å². The predicted molar refractivity (Wildman–Crippen MR) is 84.4 cm³/mol. The van der Waals surface area contributed by atoms with Gasteiger partial charge >= 0.3 is 0 Å². The van der Waals surface area contributed by atoms with Crippen LogP contribution in [0.25, 0.3) is 16.6 Å². The summed E-state index contributed by atoms with van der Waals surface area (Å²) in [6, 6.07) is 5.16. The van der Waals surface area contributed by atoms with Crippen LogP contribution in [-0.2, 0) is 0 Å². The van der Waals surface area contributed by atoms with Crippen molar-refractivity contribution < 1.29 is 0 Å². The van der Waals surface area contributed by atoms with Crippen molar-refractivity contribution in [2.45, 2.75) is 19.4 Å². The summed E-state index contributed by atoms with van der Waals surface area (Å²) in [5.74, 6) is 0.537. The molecule has 7 heteroatoms. The van der Waals surface area contributed by atoms with E-state index in [9.17, 15) is 4.79 Å². The monoisotopic (exact) mass is 347 g/mol. The highest BCUT2D eigenvalue weighted by atomic mass is 79.9. The number of fused-ring (bicyclic) bond motifs is 1. The minimum Gasteiger partial charge on any atom is -0.321 e. The molecule has 3 rings (SSSR count). The quantitative estimate of drug-likeness (QED) is 0.760. The normalized spacial score (nSPS) is 12.7. The molecule has 1 atom stereocenters. The highest BCUT2D eigenvalue weighted by molar-refractivity contribution is 9.10. The molecule has 0 aliphatic carbocycles. The molecule has 21 heavy (non-hydrogen) atoms. The summed E-state index contributed by atoms with van der Waals surface area (Å²) >= 11 is 3.42. The second-order valence-electron chi connectivity index (χ2n) is 4.72. The maximum atomic E-state index is 12.9. The second kappa shape index (κ2) is 5.42. The average Bonchev–Trinajstić information content (AvgIpc) is 2.99. The number of aromatic nitrogens is 4. The van der Waals surface area contributed by atoms with Crippen molar-refractivity contribution in [2.75, 3.05) is 0 Å². The number of nitrogens with zero attached hydrogens (tertiary/aromatic N) is 3. The Kier molecular flexibility index (Phi) is 3.60. The van der Waals surface area contributed by atoms with Crippen molar-refractivity contribution in [2.24, 2.45) is 5.73 Å². The highest BCUT2D eigenvalue weighted by Crippen LogP contribution is 2.22. The lowest BCUT2D eigenvalue weighted by molar-refractivity contribution is 0.623. The summed E-state index contributed by atoms with van der Waals surface area (Å²) in [4.78, 5) is 17.5. The van der Waals surface area contributed by atoms with Gasteiger partial charge in [-0.2, -0.15) is 5.10 Å². The predicted octanol–water partition coefficient (Wildman–Crippen LogP) is 2.28. The zero-order valence-corrected chi connectivity index (χ0v) is 13.0.